The molecule has 0 aromatic heterocycles. The molecule has 2 amide bonds. The van der Waals surface area contributed by atoms with Crippen molar-refractivity contribution >= 4 is 45.2 Å². The zero-order valence-electron chi connectivity index (χ0n) is 9.19. The minimum atomic E-state index is -0.872. The summed E-state index contributed by atoms with van der Waals surface area (Å²) in [7, 11) is 0. The molecule has 1 aromatic rings. The SMILES string of the molecule is O=C(O)C1CN(C(=O)Nc2cc(Cl)ccc2Br)C1. The van der Waals surface area contributed by atoms with Gasteiger partial charge in [0.05, 0.1) is 11.6 Å². The Bertz CT molecular complexity index is 503. The second-order valence-corrected chi connectivity index (χ2v) is 5.29. The first-order valence-electron chi connectivity index (χ1n) is 5.21. The number of likely N-dealkylation sites (tertiary alicyclic amines) is 1. The standard InChI is InChI=1S/C11H10BrClN2O3/c12-8-2-1-7(13)3-9(8)14-11(18)15-4-6(5-15)10(16)17/h1-3,6H,4-5H2,(H,14,18)(H,16,17). The number of nitrogens with zero attached hydrogens (tertiary/aromatic N) is 1. The van der Waals surface area contributed by atoms with Gasteiger partial charge in [0.1, 0.15) is 0 Å². The highest BCUT2D eigenvalue weighted by Gasteiger charge is 2.35. The third-order valence-corrected chi connectivity index (χ3v) is 3.61. The van der Waals surface area contributed by atoms with Crippen LogP contribution in [0.1, 0.15) is 0 Å². The van der Waals surface area contributed by atoms with Gasteiger partial charge in [-0.15, -0.1) is 0 Å². The van der Waals surface area contributed by atoms with Crippen LogP contribution in [0.25, 0.3) is 0 Å². The summed E-state index contributed by atoms with van der Waals surface area (Å²) in [6.45, 7) is 0.471. The summed E-state index contributed by atoms with van der Waals surface area (Å²) >= 11 is 9.13. The molecule has 5 nitrogen and oxygen atoms in total. The maximum absolute atomic E-state index is 11.8. The van der Waals surface area contributed by atoms with Crippen LogP contribution in [0.3, 0.4) is 0 Å². The van der Waals surface area contributed by atoms with Gasteiger partial charge in [0.2, 0.25) is 0 Å². The van der Waals surface area contributed by atoms with E-state index in [4.69, 9.17) is 16.7 Å². The Hall–Kier alpha value is -1.27. The Kier molecular flexibility index (Phi) is 3.77. The van der Waals surface area contributed by atoms with E-state index in [1.54, 1.807) is 18.2 Å². The van der Waals surface area contributed by atoms with Gasteiger partial charge in [-0.05, 0) is 34.1 Å². The zero-order valence-corrected chi connectivity index (χ0v) is 11.5. The van der Waals surface area contributed by atoms with Crippen LogP contribution in [-0.4, -0.2) is 35.1 Å². The quantitative estimate of drug-likeness (QED) is 0.874. The molecule has 1 aromatic carbocycles. The molecule has 1 aliphatic heterocycles. The number of amides is 2. The summed E-state index contributed by atoms with van der Waals surface area (Å²) in [5.41, 5.74) is 0.561. The highest BCUT2D eigenvalue weighted by Crippen LogP contribution is 2.27. The van der Waals surface area contributed by atoms with Crippen molar-refractivity contribution < 1.29 is 14.7 Å². The van der Waals surface area contributed by atoms with Crippen molar-refractivity contribution in [3.63, 3.8) is 0 Å². The smallest absolute Gasteiger partial charge is 0.321 e. The lowest BCUT2D eigenvalue weighted by Gasteiger charge is -2.36. The van der Waals surface area contributed by atoms with Crippen molar-refractivity contribution in [2.24, 2.45) is 5.92 Å². The number of urea groups is 1. The first-order valence-corrected chi connectivity index (χ1v) is 6.38. The number of nitrogens with one attached hydrogen (secondary N) is 1. The first-order chi connectivity index (χ1) is 8.47. The monoisotopic (exact) mass is 332 g/mol. The van der Waals surface area contributed by atoms with Crippen LogP contribution in [0.2, 0.25) is 5.02 Å². The third kappa shape index (κ3) is 2.76. The van der Waals surface area contributed by atoms with Crippen molar-refractivity contribution in [2.45, 2.75) is 0 Å². The second-order valence-electron chi connectivity index (χ2n) is 3.99. The summed E-state index contributed by atoms with van der Waals surface area (Å²) in [5, 5.41) is 11.9. The largest absolute Gasteiger partial charge is 0.481 e. The summed E-state index contributed by atoms with van der Waals surface area (Å²) < 4.78 is 0.718. The molecule has 18 heavy (non-hydrogen) atoms. The molecule has 0 unspecified atom stereocenters. The molecule has 1 saturated heterocycles. The molecule has 0 saturated carbocycles. The van der Waals surface area contributed by atoms with Gasteiger partial charge in [0.15, 0.2) is 0 Å². The second kappa shape index (κ2) is 5.16. The maximum Gasteiger partial charge on any atom is 0.321 e. The van der Waals surface area contributed by atoms with E-state index in [-0.39, 0.29) is 19.1 Å². The van der Waals surface area contributed by atoms with Gasteiger partial charge < -0.3 is 15.3 Å². The van der Waals surface area contributed by atoms with E-state index in [1.807, 2.05) is 0 Å². The zero-order chi connectivity index (χ0) is 13.3. The molecule has 1 heterocycles. The van der Waals surface area contributed by atoms with Gasteiger partial charge in [-0.1, -0.05) is 11.6 Å². The number of carboxylic acids is 1. The van der Waals surface area contributed by atoms with Crippen molar-refractivity contribution in [1.29, 1.82) is 0 Å². The van der Waals surface area contributed by atoms with Crippen molar-refractivity contribution in [1.82, 2.24) is 4.90 Å². The number of anilines is 1. The Morgan fingerprint density at radius 1 is 1.44 bits per heavy atom. The third-order valence-electron chi connectivity index (χ3n) is 2.69. The summed E-state index contributed by atoms with van der Waals surface area (Å²) in [5.74, 6) is -1.33. The van der Waals surface area contributed by atoms with Gasteiger partial charge in [0.25, 0.3) is 0 Å². The average molecular weight is 334 g/mol. The summed E-state index contributed by atoms with van der Waals surface area (Å²) in [6, 6.07) is 4.73. The number of hydrogen-bond donors (Lipinski definition) is 2. The first kappa shape index (κ1) is 13.2. The molecular formula is C11H10BrClN2O3. The van der Waals surface area contributed by atoms with E-state index < -0.39 is 11.9 Å². The predicted octanol–water partition coefficient (Wildman–Crippen LogP) is 2.65. The van der Waals surface area contributed by atoms with Gasteiger partial charge >= 0.3 is 12.0 Å². The van der Waals surface area contributed by atoms with Gasteiger partial charge in [-0.3, -0.25) is 4.79 Å². The Morgan fingerprint density at radius 3 is 2.72 bits per heavy atom. The number of carboxylic acid groups (broad SMARTS) is 1. The summed E-state index contributed by atoms with van der Waals surface area (Å²) in [4.78, 5) is 23.8. The molecule has 2 N–H and O–H groups in total. The normalized spacial score (nSPS) is 15.1. The van der Waals surface area contributed by atoms with E-state index in [2.05, 4.69) is 21.2 Å². The van der Waals surface area contributed by atoms with Crippen molar-refractivity contribution in [2.75, 3.05) is 18.4 Å². The topological polar surface area (TPSA) is 69.6 Å². The lowest BCUT2D eigenvalue weighted by molar-refractivity contribution is -0.145. The fraction of sp³-hybridized carbons (Fsp3) is 0.273. The minimum absolute atomic E-state index is 0.235. The molecule has 1 fully saturated rings. The van der Waals surface area contributed by atoms with Gasteiger partial charge in [-0.2, -0.15) is 0 Å². The van der Waals surface area contributed by atoms with Gasteiger partial charge in [0, 0.05) is 22.6 Å². The van der Waals surface area contributed by atoms with E-state index in [0.717, 1.165) is 4.47 Å². The van der Waals surface area contributed by atoms with Crippen LogP contribution in [0.4, 0.5) is 10.5 Å². The van der Waals surface area contributed by atoms with E-state index in [1.165, 1.54) is 4.90 Å². The van der Waals surface area contributed by atoms with Crippen LogP contribution >= 0.6 is 27.5 Å². The molecule has 0 bridgehead atoms. The van der Waals surface area contributed by atoms with Crippen LogP contribution in [0.5, 0.6) is 0 Å². The number of carbonyl (C=O) groups excluding carboxylic acids is 1. The molecule has 0 aliphatic carbocycles. The van der Waals surface area contributed by atoms with Crippen LogP contribution < -0.4 is 5.32 Å². The van der Waals surface area contributed by atoms with Crippen molar-refractivity contribution in [3.8, 4) is 0 Å². The number of carbonyl (C=O) groups is 2. The van der Waals surface area contributed by atoms with Crippen LogP contribution in [0.15, 0.2) is 22.7 Å². The lowest BCUT2D eigenvalue weighted by atomic mass is 10.0. The number of aliphatic carboxylic acids is 1. The molecule has 7 heteroatoms. The molecule has 0 radical (unpaired) electrons. The lowest BCUT2D eigenvalue weighted by Crippen LogP contribution is -2.54. The minimum Gasteiger partial charge on any atom is -0.481 e. The van der Waals surface area contributed by atoms with Crippen LogP contribution in [-0.2, 0) is 4.79 Å². The number of halogens is 2. The molecule has 0 atom stereocenters. The summed E-state index contributed by atoms with van der Waals surface area (Å²) in [6.07, 6.45) is 0. The molecule has 0 spiro atoms. The highest BCUT2D eigenvalue weighted by atomic mass is 79.9. The fourth-order valence-corrected chi connectivity index (χ4v) is 2.11. The van der Waals surface area contributed by atoms with Gasteiger partial charge in [-0.25, -0.2) is 4.79 Å². The average Bonchev–Trinajstić information content (AvgIpc) is 2.20. The Morgan fingerprint density at radius 2 is 2.11 bits per heavy atom. The predicted molar refractivity (Wildman–Crippen MR) is 70.9 cm³/mol. The Labute approximate surface area is 117 Å². The van der Waals surface area contributed by atoms with Crippen LogP contribution in [0, 0.1) is 5.92 Å². The van der Waals surface area contributed by atoms with E-state index in [9.17, 15) is 9.59 Å². The van der Waals surface area contributed by atoms with E-state index in [0.29, 0.717) is 10.7 Å². The molecule has 2 rings (SSSR count). The van der Waals surface area contributed by atoms with E-state index >= 15 is 0 Å². The number of benzene rings is 1. The number of rotatable bonds is 2. The fourth-order valence-electron chi connectivity index (χ4n) is 1.59. The Balaban J connectivity index is 1.96. The molecular weight excluding hydrogens is 323 g/mol. The molecule has 96 valence electrons. The maximum atomic E-state index is 11.8. The highest BCUT2D eigenvalue weighted by molar-refractivity contribution is 9.10. The molecule has 1 aliphatic rings. The van der Waals surface area contributed by atoms with Crippen molar-refractivity contribution in [3.05, 3.63) is 27.7 Å². The number of hydrogen-bond acceptors (Lipinski definition) is 2.